The molecule has 1 saturated heterocycles. The fourth-order valence-electron chi connectivity index (χ4n) is 2.72. The first-order valence-corrected chi connectivity index (χ1v) is 10.5. The first-order chi connectivity index (χ1) is 14.0. The monoisotopic (exact) mass is 484 g/mol. The molecular weight excluding hydrogens is 472 g/mol. The molecule has 0 spiro atoms. The first-order valence-electron chi connectivity index (χ1n) is 8.51. The smallest absolute Gasteiger partial charge is 0.270 e. The van der Waals surface area contributed by atoms with Gasteiger partial charge < -0.3 is 4.42 Å². The van der Waals surface area contributed by atoms with Gasteiger partial charge in [0.1, 0.15) is 11.3 Å². The summed E-state index contributed by atoms with van der Waals surface area (Å²) in [6.45, 7) is 0. The Balaban J connectivity index is 1.65. The third-order valence-corrected chi connectivity index (χ3v) is 6.16. The SMILES string of the molecule is O=C1NC(=S)N(c2ccccc2)C(=O)/C1=C/c1cc(Br)c(Sc2ccccc2)o1. The third-order valence-electron chi connectivity index (χ3n) is 4.03. The summed E-state index contributed by atoms with van der Waals surface area (Å²) in [5, 5.41) is 3.23. The van der Waals surface area contributed by atoms with Gasteiger partial charge in [0.2, 0.25) is 0 Å². The number of amides is 2. The van der Waals surface area contributed by atoms with Crippen LogP contribution in [0.5, 0.6) is 0 Å². The summed E-state index contributed by atoms with van der Waals surface area (Å²) in [5.74, 6) is -0.679. The Morgan fingerprint density at radius 2 is 1.69 bits per heavy atom. The number of hydrogen-bond acceptors (Lipinski definition) is 5. The van der Waals surface area contributed by atoms with Crippen molar-refractivity contribution in [3.63, 3.8) is 0 Å². The second-order valence-corrected chi connectivity index (χ2v) is 8.28. The minimum absolute atomic E-state index is 0.0456. The molecule has 2 heterocycles. The predicted octanol–water partition coefficient (Wildman–Crippen LogP) is 5.02. The van der Waals surface area contributed by atoms with Crippen LogP contribution in [-0.4, -0.2) is 16.9 Å². The molecular formula is C21H13BrN2O3S2. The highest BCUT2D eigenvalue weighted by molar-refractivity contribution is 9.10. The van der Waals surface area contributed by atoms with E-state index >= 15 is 0 Å². The van der Waals surface area contributed by atoms with Crippen LogP contribution in [0.2, 0.25) is 0 Å². The van der Waals surface area contributed by atoms with Gasteiger partial charge in [0.25, 0.3) is 11.8 Å². The van der Waals surface area contributed by atoms with Crippen molar-refractivity contribution < 1.29 is 14.0 Å². The van der Waals surface area contributed by atoms with Gasteiger partial charge >= 0.3 is 0 Å². The van der Waals surface area contributed by atoms with Crippen LogP contribution in [0.3, 0.4) is 0 Å². The number of anilines is 1. The molecule has 0 atom stereocenters. The van der Waals surface area contributed by atoms with Crippen molar-refractivity contribution in [1.82, 2.24) is 5.32 Å². The number of carbonyl (C=O) groups excluding carboxylic acids is 2. The number of nitrogens with zero attached hydrogens (tertiary/aromatic N) is 1. The maximum Gasteiger partial charge on any atom is 0.270 e. The molecule has 0 aliphatic carbocycles. The van der Waals surface area contributed by atoms with E-state index < -0.39 is 11.8 Å². The fourth-order valence-corrected chi connectivity index (χ4v) is 4.35. The number of nitrogens with one attached hydrogen (secondary N) is 1. The predicted molar refractivity (Wildman–Crippen MR) is 120 cm³/mol. The standard InChI is InChI=1S/C21H13BrN2O3S2/c22-17-12-14(27-20(17)29-15-9-5-2-6-10-15)11-16-18(25)23-21(28)24(19(16)26)13-7-3-1-4-8-13/h1-12H,(H,23,25,28)/b16-11+. The van der Waals surface area contributed by atoms with Gasteiger partial charge in [-0.3, -0.25) is 19.8 Å². The van der Waals surface area contributed by atoms with Gasteiger partial charge in [-0.25, -0.2) is 0 Å². The molecule has 1 fully saturated rings. The highest BCUT2D eigenvalue weighted by atomic mass is 79.9. The molecule has 8 heteroatoms. The van der Waals surface area contributed by atoms with E-state index in [-0.39, 0.29) is 10.7 Å². The molecule has 1 N–H and O–H groups in total. The van der Waals surface area contributed by atoms with Gasteiger partial charge in [0.05, 0.1) is 10.2 Å². The van der Waals surface area contributed by atoms with Gasteiger partial charge in [-0.1, -0.05) is 48.2 Å². The second-order valence-electron chi connectivity index (χ2n) is 5.99. The Morgan fingerprint density at radius 3 is 2.38 bits per heavy atom. The summed E-state index contributed by atoms with van der Waals surface area (Å²) in [6, 6.07) is 20.4. The highest BCUT2D eigenvalue weighted by Gasteiger charge is 2.34. The van der Waals surface area contributed by atoms with Crippen molar-refractivity contribution >= 4 is 68.6 Å². The molecule has 0 unspecified atom stereocenters. The maximum atomic E-state index is 13.0. The number of carbonyl (C=O) groups is 2. The Morgan fingerprint density at radius 1 is 1.03 bits per heavy atom. The van der Waals surface area contributed by atoms with E-state index in [9.17, 15) is 9.59 Å². The molecule has 2 amide bonds. The Hall–Kier alpha value is -2.68. The summed E-state index contributed by atoms with van der Waals surface area (Å²) in [7, 11) is 0. The van der Waals surface area contributed by atoms with Crippen LogP contribution in [-0.2, 0) is 9.59 Å². The van der Waals surface area contributed by atoms with Gasteiger partial charge in [0.15, 0.2) is 10.2 Å². The zero-order chi connectivity index (χ0) is 20.4. The Bertz CT molecular complexity index is 1130. The van der Waals surface area contributed by atoms with E-state index in [0.717, 1.165) is 9.37 Å². The molecule has 1 aromatic heterocycles. The number of hydrogen-bond donors (Lipinski definition) is 1. The van der Waals surface area contributed by atoms with E-state index in [1.54, 1.807) is 30.3 Å². The zero-order valence-corrected chi connectivity index (χ0v) is 18.0. The van der Waals surface area contributed by atoms with Crippen molar-refractivity contribution in [3.05, 3.63) is 82.5 Å². The molecule has 1 aliphatic heterocycles. The van der Waals surface area contributed by atoms with Crippen molar-refractivity contribution in [2.75, 3.05) is 4.90 Å². The highest BCUT2D eigenvalue weighted by Crippen LogP contribution is 2.36. The molecule has 0 bridgehead atoms. The molecule has 1 aliphatic rings. The lowest BCUT2D eigenvalue weighted by molar-refractivity contribution is -0.122. The molecule has 29 heavy (non-hydrogen) atoms. The lowest BCUT2D eigenvalue weighted by Gasteiger charge is -2.28. The minimum Gasteiger partial charge on any atom is -0.449 e. The molecule has 3 aromatic rings. The average molecular weight is 485 g/mol. The summed E-state index contributed by atoms with van der Waals surface area (Å²) < 4.78 is 6.58. The van der Waals surface area contributed by atoms with Crippen molar-refractivity contribution in [3.8, 4) is 0 Å². The second kappa shape index (κ2) is 8.36. The maximum absolute atomic E-state index is 13.0. The van der Waals surface area contributed by atoms with Crippen LogP contribution in [0.1, 0.15) is 5.76 Å². The lowest BCUT2D eigenvalue weighted by Crippen LogP contribution is -2.54. The van der Waals surface area contributed by atoms with E-state index in [1.807, 2.05) is 36.4 Å². The van der Waals surface area contributed by atoms with Gasteiger partial charge in [-0.2, -0.15) is 0 Å². The van der Waals surface area contributed by atoms with Gasteiger partial charge in [0, 0.05) is 4.90 Å². The van der Waals surface area contributed by atoms with Gasteiger partial charge in [-0.05, 0) is 64.6 Å². The van der Waals surface area contributed by atoms with Crippen molar-refractivity contribution in [1.29, 1.82) is 0 Å². The number of rotatable bonds is 4. The normalized spacial score (nSPS) is 15.7. The van der Waals surface area contributed by atoms with Crippen LogP contribution < -0.4 is 10.2 Å². The number of thiocarbonyl (C=S) groups is 1. The van der Waals surface area contributed by atoms with Crippen LogP contribution in [0.25, 0.3) is 6.08 Å². The number of para-hydroxylation sites is 1. The fraction of sp³-hybridized carbons (Fsp3) is 0. The topological polar surface area (TPSA) is 62.6 Å². The molecule has 2 aromatic carbocycles. The van der Waals surface area contributed by atoms with E-state index in [2.05, 4.69) is 21.2 Å². The van der Waals surface area contributed by atoms with E-state index in [0.29, 0.717) is 16.5 Å². The van der Waals surface area contributed by atoms with Crippen LogP contribution in [0.15, 0.2) is 91.2 Å². The summed E-state index contributed by atoms with van der Waals surface area (Å²) in [6.07, 6.45) is 1.43. The lowest BCUT2D eigenvalue weighted by atomic mass is 10.1. The van der Waals surface area contributed by atoms with Crippen LogP contribution >= 0.6 is 39.9 Å². The summed E-state index contributed by atoms with van der Waals surface area (Å²) in [4.78, 5) is 27.7. The van der Waals surface area contributed by atoms with E-state index in [1.165, 1.54) is 22.7 Å². The van der Waals surface area contributed by atoms with Crippen molar-refractivity contribution in [2.24, 2.45) is 0 Å². The largest absolute Gasteiger partial charge is 0.449 e. The minimum atomic E-state index is -0.558. The zero-order valence-electron chi connectivity index (χ0n) is 14.8. The summed E-state index contributed by atoms with van der Waals surface area (Å²) >= 11 is 10.1. The first kappa shape index (κ1) is 19.6. The third kappa shape index (κ3) is 4.19. The number of furan rings is 1. The van der Waals surface area contributed by atoms with E-state index in [4.69, 9.17) is 16.6 Å². The molecule has 0 saturated carbocycles. The Kier molecular flexibility index (Phi) is 5.66. The molecule has 0 radical (unpaired) electrons. The molecule has 5 nitrogen and oxygen atoms in total. The number of halogens is 1. The van der Waals surface area contributed by atoms with Crippen LogP contribution in [0, 0.1) is 0 Å². The average Bonchev–Trinajstić information content (AvgIpc) is 3.05. The quantitative estimate of drug-likeness (QED) is 0.319. The Labute approximate surface area is 184 Å². The van der Waals surface area contributed by atoms with Crippen molar-refractivity contribution in [2.45, 2.75) is 9.99 Å². The molecule has 4 rings (SSSR count). The molecule has 144 valence electrons. The van der Waals surface area contributed by atoms with Crippen LogP contribution in [0.4, 0.5) is 5.69 Å². The number of benzene rings is 2. The summed E-state index contributed by atoms with van der Waals surface area (Å²) in [5.41, 5.74) is 0.523. The van der Waals surface area contributed by atoms with Gasteiger partial charge in [-0.15, -0.1) is 0 Å².